The topological polar surface area (TPSA) is 38.7 Å². The van der Waals surface area contributed by atoms with Crippen molar-refractivity contribution in [1.29, 1.82) is 0 Å². The van der Waals surface area contributed by atoms with Crippen LogP contribution in [-0.2, 0) is 6.42 Å². The van der Waals surface area contributed by atoms with E-state index in [1.165, 1.54) is 5.56 Å². The third kappa shape index (κ3) is 3.76. The normalized spacial score (nSPS) is 12.0. The summed E-state index contributed by atoms with van der Waals surface area (Å²) in [6.45, 7) is 3.87. The number of benzene rings is 2. The smallest absolute Gasteiger partial charge is 0.136 e. The molecule has 0 aliphatic rings. The van der Waals surface area contributed by atoms with Gasteiger partial charge in [-0.25, -0.2) is 0 Å². The maximum absolute atomic E-state index is 9.95. The van der Waals surface area contributed by atoms with E-state index in [0.29, 0.717) is 17.1 Å². The minimum Gasteiger partial charge on any atom is -0.496 e. The molecule has 0 heterocycles. The number of aryl methyl sites for hydroxylation is 1. The van der Waals surface area contributed by atoms with Gasteiger partial charge in [0.05, 0.1) is 18.8 Å². The molecule has 0 radical (unpaired) electrons. The van der Waals surface area contributed by atoms with Crippen molar-refractivity contribution in [3.8, 4) is 17.2 Å². The van der Waals surface area contributed by atoms with Crippen LogP contribution in [0.15, 0.2) is 42.5 Å². The second-order valence-corrected chi connectivity index (χ2v) is 5.04. The zero-order chi connectivity index (χ0) is 15.2. The number of hydrogen-bond donors (Lipinski definition) is 1. The molecule has 0 amide bonds. The molecular formula is C18H22O3. The molecule has 112 valence electrons. The summed E-state index contributed by atoms with van der Waals surface area (Å²) >= 11 is 0. The van der Waals surface area contributed by atoms with Crippen molar-refractivity contribution in [2.24, 2.45) is 0 Å². The van der Waals surface area contributed by atoms with Crippen LogP contribution in [0, 0.1) is 0 Å². The summed E-state index contributed by atoms with van der Waals surface area (Å²) in [6.07, 6.45) is 1.54. The van der Waals surface area contributed by atoms with Crippen molar-refractivity contribution in [2.45, 2.75) is 32.8 Å². The van der Waals surface area contributed by atoms with Crippen LogP contribution in [0.1, 0.15) is 37.5 Å². The molecule has 0 aromatic heterocycles. The lowest BCUT2D eigenvalue weighted by atomic mass is 10.1. The molecule has 0 saturated carbocycles. The minimum absolute atomic E-state index is 0.618. The molecule has 0 saturated heterocycles. The highest BCUT2D eigenvalue weighted by Crippen LogP contribution is 2.36. The first-order valence-corrected chi connectivity index (χ1v) is 7.27. The Morgan fingerprint density at radius 1 is 1.05 bits per heavy atom. The van der Waals surface area contributed by atoms with Gasteiger partial charge in [-0.1, -0.05) is 31.5 Å². The standard InChI is InChI=1S/C18H22O3/c1-4-6-14-9-11-15(12-10-14)21-17-8-5-7-16(20-3)18(17)13(2)19/h5,7-13,19H,4,6H2,1-3H3. The molecule has 2 rings (SSSR count). The van der Waals surface area contributed by atoms with Gasteiger partial charge in [-0.3, -0.25) is 0 Å². The first-order valence-electron chi connectivity index (χ1n) is 7.27. The Kier molecular flexibility index (Phi) is 5.23. The summed E-state index contributed by atoms with van der Waals surface area (Å²) in [5.41, 5.74) is 1.96. The number of ether oxygens (including phenoxy) is 2. The number of aliphatic hydroxyl groups excluding tert-OH is 1. The van der Waals surface area contributed by atoms with Gasteiger partial charge in [-0.2, -0.15) is 0 Å². The second-order valence-electron chi connectivity index (χ2n) is 5.04. The minimum atomic E-state index is -0.657. The Labute approximate surface area is 126 Å². The highest BCUT2D eigenvalue weighted by atomic mass is 16.5. The quantitative estimate of drug-likeness (QED) is 0.850. The van der Waals surface area contributed by atoms with Crippen molar-refractivity contribution in [1.82, 2.24) is 0 Å². The lowest BCUT2D eigenvalue weighted by molar-refractivity contribution is 0.190. The number of hydrogen-bond acceptors (Lipinski definition) is 3. The van der Waals surface area contributed by atoms with Crippen LogP contribution in [0.25, 0.3) is 0 Å². The molecule has 21 heavy (non-hydrogen) atoms. The van der Waals surface area contributed by atoms with Crippen molar-refractivity contribution >= 4 is 0 Å². The lowest BCUT2D eigenvalue weighted by Gasteiger charge is -2.16. The first kappa shape index (κ1) is 15.4. The molecule has 3 nitrogen and oxygen atoms in total. The van der Waals surface area contributed by atoms with Gasteiger partial charge in [0.2, 0.25) is 0 Å². The Balaban J connectivity index is 2.26. The van der Waals surface area contributed by atoms with Gasteiger partial charge in [0.25, 0.3) is 0 Å². The monoisotopic (exact) mass is 286 g/mol. The molecule has 0 aliphatic heterocycles. The molecule has 1 N–H and O–H groups in total. The average molecular weight is 286 g/mol. The fraction of sp³-hybridized carbons (Fsp3) is 0.333. The summed E-state index contributed by atoms with van der Waals surface area (Å²) in [6, 6.07) is 13.6. The molecule has 2 aromatic carbocycles. The Morgan fingerprint density at radius 3 is 2.29 bits per heavy atom. The molecule has 1 unspecified atom stereocenters. The molecular weight excluding hydrogens is 264 g/mol. The van der Waals surface area contributed by atoms with E-state index in [1.807, 2.05) is 30.3 Å². The molecule has 1 atom stereocenters. The van der Waals surface area contributed by atoms with Gasteiger partial charge < -0.3 is 14.6 Å². The Bertz CT molecular complexity index is 574. The van der Waals surface area contributed by atoms with Gasteiger partial charge in [0.15, 0.2) is 0 Å². The predicted octanol–water partition coefficient (Wildman–Crippen LogP) is 4.49. The van der Waals surface area contributed by atoms with Crippen LogP contribution in [-0.4, -0.2) is 12.2 Å². The molecule has 0 fully saturated rings. The predicted molar refractivity (Wildman–Crippen MR) is 84.1 cm³/mol. The Morgan fingerprint density at radius 2 is 1.71 bits per heavy atom. The largest absolute Gasteiger partial charge is 0.496 e. The first-order chi connectivity index (χ1) is 10.2. The zero-order valence-electron chi connectivity index (χ0n) is 12.8. The number of rotatable bonds is 6. The summed E-state index contributed by atoms with van der Waals surface area (Å²) < 4.78 is 11.2. The third-order valence-electron chi connectivity index (χ3n) is 3.35. The van der Waals surface area contributed by atoms with Crippen LogP contribution in [0.4, 0.5) is 0 Å². The van der Waals surface area contributed by atoms with E-state index in [1.54, 1.807) is 14.0 Å². The van der Waals surface area contributed by atoms with Gasteiger partial charge >= 0.3 is 0 Å². The van der Waals surface area contributed by atoms with Gasteiger partial charge in [-0.15, -0.1) is 0 Å². The molecule has 2 aromatic rings. The van der Waals surface area contributed by atoms with Gasteiger partial charge in [0, 0.05) is 0 Å². The summed E-state index contributed by atoms with van der Waals surface area (Å²) in [5.74, 6) is 2.00. The van der Waals surface area contributed by atoms with E-state index in [9.17, 15) is 5.11 Å². The van der Waals surface area contributed by atoms with Crippen molar-refractivity contribution in [2.75, 3.05) is 7.11 Å². The summed E-state index contributed by atoms with van der Waals surface area (Å²) in [5, 5.41) is 9.95. The molecule has 0 spiro atoms. The Hall–Kier alpha value is -2.00. The third-order valence-corrected chi connectivity index (χ3v) is 3.35. The van der Waals surface area contributed by atoms with E-state index in [0.717, 1.165) is 18.6 Å². The fourth-order valence-electron chi connectivity index (χ4n) is 2.34. The number of methoxy groups -OCH3 is 1. The van der Waals surface area contributed by atoms with Crippen LogP contribution in [0.3, 0.4) is 0 Å². The van der Waals surface area contributed by atoms with Crippen molar-refractivity contribution < 1.29 is 14.6 Å². The van der Waals surface area contributed by atoms with Crippen molar-refractivity contribution in [3.05, 3.63) is 53.6 Å². The highest BCUT2D eigenvalue weighted by molar-refractivity contribution is 5.48. The van der Waals surface area contributed by atoms with Crippen molar-refractivity contribution in [3.63, 3.8) is 0 Å². The highest BCUT2D eigenvalue weighted by Gasteiger charge is 2.15. The van der Waals surface area contributed by atoms with Crippen LogP contribution in [0.2, 0.25) is 0 Å². The second kappa shape index (κ2) is 7.14. The lowest BCUT2D eigenvalue weighted by Crippen LogP contribution is -2.00. The van der Waals surface area contributed by atoms with Crippen LogP contribution < -0.4 is 9.47 Å². The van der Waals surface area contributed by atoms with E-state index >= 15 is 0 Å². The molecule has 0 bridgehead atoms. The van der Waals surface area contributed by atoms with Crippen LogP contribution >= 0.6 is 0 Å². The average Bonchev–Trinajstić information content (AvgIpc) is 2.49. The molecule has 0 aliphatic carbocycles. The van der Waals surface area contributed by atoms with Crippen LogP contribution in [0.5, 0.6) is 17.2 Å². The van der Waals surface area contributed by atoms with E-state index < -0.39 is 6.10 Å². The van der Waals surface area contributed by atoms with E-state index in [-0.39, 0.29) is 0 Å². The fourth-order valence-corrected chi connectivity index (χ4v) is 2.34. The van der Waals surface area contributed by atoms with E-state index in [4.69, 9.17) is 9.47 Å². The summed E-state index contributed by atoms with van der Waals surface area (Å²) in [7, 11) is 1.59. The van der Waals surface area contributed by atoms with E-state index in [2.05, 4.69) is 19.1 Å². The van der Waals surface area contributed by atoms with Gasteiger partial charge in [0.1, 0.15) is 17.2 Å². The molecule has 3 heteroatoms. The summed E-state index contributed by atoms with van der Waals surface area (Å²) in [4.78, 5) is 0. The zero-order valence-corrected chi connectivity index (χ0v) is 12.8. The van der Waals surface area contributed by atoms with Gasteiger partial charge in [-0.05, 0) is 43.2 Å². The maximum atomic E-state index is 9.95. The SMILES string of the molecule is CCCc1ccc(Oc2cccc(OC)c2C(C)O)cc1. The number of aliphatic hydroxyl groups is 1. The maximum Gasteiger partial charge on any atom is 0.136 e.